The van der Waals surface area contributed by atoms with Gasteiger partial charge in [-0.1, -0.05) is 0 Å². The second-order valence-corrected chi connectivity index (χ2v) is 5.56. The van der Waals surface area contributed by atoms with E-state index in [0.717, 1.165) is 31.7 Å². The van der Waals surface area contributed by atoms with Gasteiger partial charge < -0.3 is 10.6 Å². The Balaban J connectivity index is 0.00000312. The maximum absolute atomic E-state index is 13.6. The number of pyridine rings is 1. The summed E-state index contributed by atoms with van der Waals surface area (Å²) in [5, 5.41) is 10.8. The van der Waals surface area contributed by atoms with E-state index in [4.69, 9.17) is 0 Å². The van der Waals surface area contributed by atoms with Gasteiger partial charge in [0, 0.05) is 31.5 Å². The first kappa shape index (κ1) is 21.3. The highest BCUT2D eigenvalue weighted by Gasteiger charge is 2.04. The van der Waals surface area contributed by atoms with Crippen LogP contribution in [-0.2, 0) is 13.1 Å². The molecule has 0 spiro atoms. The Morgan fingerprint density at radius 3 is 2.76 bits per heavy atom. The zero-order valence-corrected chi connectivity index (χ0v) is 17.3. The Morgan fingerprint density at radius 2 is 2.12 bits per heavy atom. The maximum atomic E-state index is 13.6. The summed E-state index contributed by atoms with van der Waals surface area (Å²) in [5.74, 6) is 0.331. The van der Waals surface area contributed by atoms with E-state index in [-0.39, 0.29) is 36.3 Å². The maximum Gasteiger partial charge on any atom is 0.191 e. The predicted octanol–water partition coefficient (Wildman–Crippen LogP) is 2.80. The molecule has 0 amide bonds. The Morgan fingerprint density at radius 1 is 1.32 bits per heavy atom. The molecular weight excluding hydrogens is 434 g/mol. The van der Waals surface area contributed by atoms with Crippen LogP contribution in [0.3, 0.4) is 0 Å². The second kappa shape index (κ2) is 11.0. The molecule has 0 radical (unpaired) electrons. The van der Waals surface area contributed by atoms with Gasteiger partial charge in [-0.05, 0) is 45.4 Å². The monoisotopic (exact) mass is 460 g/mol. The molecule has 0 aliphatic heterocycles. The normalized spacial score (nSPS) is 11.1. The van der Waals surface area contributed by atoms with E-state index in [1.54, 1.807) is 12.3 Å². The summed E-state index contributed by atoms with van der Waals surface area (Å²) < 4.78 is 15.6. The molecule has 138 valence electrons. The van der Waals surface area contributed by atoms with Crippen molar-refractivity contribution in [3.05, 3.63) is 47.3 Å². The topological polar surface area (TPSA) is 67.1 Å². The Hall–Kier alpha value is -1.71. The van der Waals surface area contributed by atoms with E-state index in [9.17, 15) is 4.39 Å². The lowest BCUT2D eigenvalue weighted by atomic mass is 10.3. The highest BCUT2D eigenvalue weighted by molar-refractivity contribution is 14.0. The fourth-order valence-electron chi connectivity index (χ4n) is 2.37. The number of hydrogen-bond donors (Lipinski definition) is 2. The summed E-state index contributed by atoms with van der Waals surface area (Å²) in [6.07, 6.45) is 2.49. The smallest absolute Gasteiger partial charge is 0.191 e. The number of nitrogens with one attached hydrogen (secondary N) is 2. The lowest BCUT2D eigenvalue weighted by molar-refractivity contribution is 0.555. The van der Waals surface area contributed by atoms with Gasteiger partial charge in [0.2, 0.25) is 0 Å². The third-order valence-corrected chi connectivity index (χ3v) is 3.51. The van der Waals surface area contributed by atoms with Crippen molar-refractivity contribution in [2.75, 3.05) is 13.1 Å². The summed E-state index contributed by atoms with van der Waals surface area (Å²) in [6, 6.07) is 5.04. The fourth-order valence-corrected chi connectivity index (χ4v) is 2.37. The van der Waals surface area contributed by atoms with Crippen LogP contribution in [0.5, 0.6) is 0 Å². The van der Waals surface area contributed by atoms with Gasteiger partial charge in [-0.25, -0.2) is 9.38 Å². The summed E-state index contributed by atoms with van der Waals surface area (Å²) in [5.41, 5.74) is 2.55. The molecule has 0 atom stereocenters. The molecule has 8 heteroatoms. The molecule has 0 bridgehead atoms. The van der Waals surface area contributed by atoms with Crippen molar-refractivity contribution in [3.63, 3.8) is 0 Å². The van der Waals surface area contributed by atoms with Crippen LogP contribution in [0.4, 0.5) is 4.39 Å². The minimum Gasteiger partial charge on any atom is -0.357 e. The predicted molar refractivity (Wildman–Crippen MR) is 109 cm³/mol. The van der Waals surface area contributed by atoms with Crippen molar-refractivity contribution in [2.24, 2.45) is 4.99 Å². The minimum atomic E-state index is -0.332. The van der Waals surface area contributed by atoms with Gasteiger partial charge in [0.15, 0.2) is 5.96 Å². The summed E-state index contributed by atoms with van der Waals surface area (Å²) in [7, 11) is 0. The van der Waals surface area contributed by atoms with Crippen molar-refractivity contribution in [1.29, 1.82) is 0 Å². The van der Waals surface area contributed by atoms with Crippen molar-refractivity contribution in [3.8, 4) is 0 Å². The van der Waals surface area contributed by atoms with Gasteiger partial charge in [0.05, 0.1) is 17.9 Å². The fraction of sp³-hybridized carbons (Fsp3) is 0.471. The molecule has 0 aliphatic rings. The molecule has 2 rings (SSSR count). The summed E-state index contributed by atoms with van der Waals surface area (Å²) in [4.78, 5) is 8.39. The molecule has 0 aromatic carbocycles. The standard InChI is InChI=1S/C17H25FN6.HI/c1-4-19-17(22-12-16-15(18)7-5-8-20-16)21-9-6-10-24-14(3)11-13(2)23-24;/h5,7-8,11H,4,6,9-10,12H2,1-3H3,(H2,19,21,22);1H. The third-order valence-electron chi connectivity index (χ3n) is 3.51. The van der Waals surface area contributed by atoms with E-state index < -0.39 is 0 Å². The number of guanidine groups is 1. The van der Waals surface area contributed by atoms with Crippen LogP contribution in [-0.4, -0.2) is 33.8 Å². The van der Waals surface area contributed by atoms with Crippen LogP contribution < -0.4 is 10.6 Å². The number of nitrogens with zero attached hydrogens (tertiary/aromatic N) is 4. The van der Waals surface area contributed by atoms with Crippen LogP contribution >= 0.6 is 24.0 Å². The largest absolute Gasteiger partial charge is 0.357 e. The van der Waals surface area contributed by atoms with E-state index in [0.29, 0.717) is 11.7 Å². The number of aliphatic imine (C=N–C) groups is 1. The van der Waals surface area contributed by atoms with Gasteiger partial charge >= 0.3 is 0 Å². The number of hydrogen-bond acceptors (Lipinski definition) is 3. The molecule has 0 fully saturated rings. The molecule has 0 aliphatic carbocycles. The van der Waals surface area contributed by atoms with Gasteiger partial charge in [0.25, 0.3) is 0 Å². The van der Waals surface area contributed by atoms with E-state index in [1.807, 2.05) is 18.5 Å². The zero-order chi connectivity index (χ0) is 17.4. The Kier molecular flexibility index (Phi) is 9.40. The molecule has 2 aromatic rings. The molecule has 0 saturated heterocycles. The molecule has 0 unspecified atom stereocenters. The number of aromatic nitrogens is 3. The zero-order valence-electron chi connectivity index (χ0n) is 14.9. The van der Waals surface area contributed by atoms with Crippen molar-refractivity contribution in [2.45, 2.75) is 40.3 Å². The molecule has 2 N–H and O–H groups in total. The molecule has 25 heavy (non-hydrogen) atoms. The molecular formula is C17H26FIN6. The van der Waals surface area contributed by atoms with Crippen molar-refractivity contribution in [1.82, 2.24) is 25.4 Å². The van der Waals surface area contributed by atoms with E-state index in [1.165, 1.54) is 11.8 Å². The van der Waals surface area contributed by atoms with Crippen LogP contribution in [0.15, 0.2) is 29.4 Å². The summed E-state index contributed by atoms with van der Waals surface area (Å²) in [6.45, 7) is 8.60. The number of halogens is 2. The minimum absolute atomic E-state index is 0. The first-order valence-electron chi connectivity index (χ1n) is 8.22. The lowest BCUT2D eigenvalue weighted by Crippen LogP contribution is -2.38. The average molecular weight is 460 g/mol. The van der Waals surface area contributed by atoms with E-state index in [2.05, 4.69) is 38.7 Å². The second-order valence-electron chi connectivity index (χ2n) is 5.56. The van der Waals surface area contributed by atoms with Gasteiger partial charge in [-0.2, -0.15) is 5.10 Å². The third kappa shape index (κ3) is 6.97. The van der Waals surface area contributed by atoms with Gasteiger partial charge in [0.1, 0.15) is 5.82 Å². The molecule has 6 nitrogen and oxygen atoms in total. The average Bonchev–Trinajstić information content (AvgIpc) is 2.88. The number of rotatable bonds is 7. The number of aryl methyl sites for hydroxylation is 3. The Labute approximate surface area is 165 Å². The lowest BCUT2D eigenvalue weighted by Gasteiger charge is -2.11. The highest BCUT2D eigenvalue weighted by Crippen LogP contribution is 2.04. The molecule has 0 saturated carbocycles. The first-order chi connectivity index (χ1) is 11.6. The summed E-state index contributed by atoms with van der Waals surface area (Å²) >= 11 is 0. The van der Waals surface area contributed by atoms with Crippen LogP contribution in [0, 0.1) is 19.7 Å². The van der Waals surface area contributed by atoms with Gasteiger partial charge in [-0.15, -0.1) is 24.0 Å². The highest BCUT2D eigenvalue weighted by atomic mass is 127. The van der Waals surface area contributed by atoms with Crippen molar-refractivity contribution < 1.29 is 4.39 Å². The molecule has 2 heterocycles. The Bertz CT molecular complexity index is 686. The quantitative estimate of drug-likeness (QED) is 0.289. The molecule has 2 aromatic heterocycles. The van der Waals surface area contributed by atoms with Gasteiger partial charge in [-0.3, -0.25) is 9.67 Å². The van der Waals surface area contributed by atoms with Crippen LogP contribution in [0.25, 0.3) is 0 Å². The van der Waals surface area contributed by atoms with Crippen molar-refractivity contribution >= 4 is 29.9 Å². The van der Waals surface area contributed by atoms with Crippen LogP contribution in [0.2, 0.25) is 0 Å². The van der Waals surface area contributed by atoms with E-state index >= 15 is 0 Å². The first-order valence-corrected chi connectivity index (χ1v) is 8.22. The SMILES string of the molecule is CCNC(=NCc1ncccc1F)NCCCn1nc(C)cc1C.I. The van der Waals surface area contributed by atoms with Crippen LogP contribution in [0.1, 0.15) is 30.4 Å².